The molecule has 0 aliphatic heterocycles. The van der Waals surface area contributed by atoms with E-state index >= 15 is 0 Å². The molecular weight excluding hydrogens is 174 g/mol. The Kier molecular flexibility index (Phi) is 7.15. The molecule has 0 rings (SSSR count). The molecule has 0 saturated heterocycles. The molecule has 0 heterocycles. The molecule has 3 heteroatoms. The van der Waals surface area contributed by atoms with Crippen LogP contribution in [0.1, 0.15) is 40.5 Å². The fourth-order valence-corrected chi connectivity index (χ4v) is 1.20. The monoisotopic (exact) mass is 201 g/mol. The van der Waals surface area contributed by atoms with Gasteiger partial charge in [-0.2, -0.15) is 0 Å². The highest BCUT2D eigenvalue weighted by Crippen LogP contribution is 2.07. The lowest BCUT2D eigenvalue weighted by atomic mass is 9.99. The third-order valence-corrected chi connectivity index (χ3v) is 2.99. The minimum Gasteiger partial charge on any atom is -0.328 e. The van der Waals surface area contributed by atoms with Gasteiger partial charge in [-0.1, -0.05) is 6.92 Å². The van der Waals surface area contributed by atoms with Crippen molar-refractivity contribution in [2.45, 2.75) is 58.7 Å². The van der Waals surface area contributed by atoms with Gasteiger partial charge in [0.2, 0.25) is 0 Å². The van der Waals surface area contributed by atoms with E-state index in [-0.39, 0.29) is 6.04 Å². The van der Waals surface area contributed by atoms with Gasteiger partial charge in [0.05, 0.1) is 0 Å². The molecule has 0 aromatic rings. The maximum atomic E-state index is 5.79. The molecule has 0 aliphatic carbocycles. The number of hydrogen-bond donors (Lipinski definition) is 3. The Morgan fingerprint density at radius 1 is 1.00 bits per heavy atom. The van der Waals surface area contributed by atoms with E-state index in [2.05, 4.69) is 26.1 Å². The topological polar surface area (TPSA) is 64.1 Å². The third-order valence-electron chi connectivity index (χ3n) is 2.99. The minimum atomic E-state index is 0.223. The molecule has 4 unspecified atom stereocenters. The van der Waals surface area contributed by atoms with Crippen LogP contribution in [0.4, 0.5) is 0 Å². The maximum absolute atomic E-state index is 5.79. The Morgan fingerprint density at radius 2 is 1.57 bits per heavy atom. The van der Waals surface area contributed by atoms with E-state index < -0.39 is 0 Å². The smallest absolute Gasteiger partial charge is 0.0188 e. The van der Waals surface area contributed by atoms with E-state index in [1.54, 1.807) is 0 Å². The zero-order valence-corrected chi connectivity index (χ0v) is 10.1. The van der Waals surface area contributed by atoms with Gasteiger partial charge >= 0.3 is 0 Å². The van der Waals surface area contributed by atoms with Crippen LogP contribution in [-0.2, 0) is 0 Å². The minimum absolute atomic E-state index is 0.223. The van der Waals surface area contributed by atoms with Gasteiger partial charge in [0.15, 0.2) is 0 Å². The van der Waals surface area contributed by atoms with Gasteiger partial charge in [0.1, 0.15) is 0 Å². The zero-order chi connectivity index (χ0) is 11.1. The van der Waals surface area contributed by atoms with Crippen molar-refractivity contribution in [1.29, 1.82) is 0 Å². The van der Waals surface area contributed by atoms with Crippen molar-refractivity contribution in [2.24, 2.45) is 17.4 Å². The second kappa shape index (κ2) is 7.21. The highest BCUT2D eigenvalue weighted by molar-refractivity contribution is 4.71. The van der Waals surface area contributed by atoms with E-state index in [1.165, 1.54) is 12.8 Å². The average Bonchev–Trinajstić information content (AvgIpc) is 2.11. The number of hydrogen-bond acceptors (Lipinski definition) is 3. The van der Waals surface area contributed by atoms with E-state index in [1.807, 2.05) is 6.92 Å². The molecule has 0 radical (unpaired) electrons. The van der Waals surface area contributed by atoms with Crippen molar-refractivity contribution >= 4 is 0 Å². The van der Waals surface area contributed by atoms with Crippen LogP contribution in [0.2, 0.25) is 0 Å². The predicted molar refractivity (Wildman–Crippen MR) is 63.2 cm³/mol. The SMILES string of the molecule is CC(N)C(C)CCCNC(C)C(C)N. The second-order valence-corrected chi connectivity index (χ2v) is 4.58. The van der Waals surface area contributed by atoms with Crippen LogP contribution in [0.3, 0.4) is 0 Å². The lowest BCUT2D eigenvalue weighted by molar-refractivity contribution is 0.409. The summed E-state index contributed by atoms with van der Waals surface area (Å²) < 4.78 is 0. The predicted octanol–water partition coefficient (Wildman–Crippen LogP) is 1.08. The lowest BCUT2D eigenvalue weighted by Crippen LogP contribution is -2.41. The highest BCUT2D eigenvalue weighted by Gasteiger charge is 2.08. The van der Waals surface area contributed by atoms with Crippen LogP contribution < -0.4 is 16.8 Å². The van der Waals surface area contributed by atoms with Crippen LogP contribution in [-0.4, -0.2) is 24.7 Å². The number of rotatable bonds is 7. The standard InChI is InChI=1S/C11H27N3/c1-8(9(2)12)6-5-7-14-11(4)10(3)13/h8-11,14H,5-7,12-13H2,1-4H3. The van der Waals surface area contributed by atoms with Gasteiger partial charge in [-0.05, 0) is 46.1 Å². The fourth-order valence-electron chi connectivity index (χ4n) is 1.20. The normalized spacial score (nSPS) is 20.1. The molecule has 0 bridgehead atoms. The fraction of sp³-hybridized carbons (Fsp3) is 1.00. The molecule has 0 fully saturated rings. The Morgan fingerprint density at radius 3 is 2.00 bits per heavy atom. The Hall–Kier alpha value is -0.120. The lowest BCUT2D eigenvalue weighted by Gasteiger charge is -2.19. The van der Waals surface area contributed by atoms with E-state index in [0.29, 0.717) is 18.0 Å². The van der Waals surface area contributed by atoms with E-state index in [9.17, 15) is 0 Å². The molecule has 0 saturated carbocycles. The molecule has 0 aromatic heterocycles. The van der Waals surface area contributed by atoms with Gasteiger partial charge in [-0.25, -0.2) is 0 Å². The van der Waals surface area contributed by atoms with E-state index in [4.69, 9.17) is 11.5 Å². The first kappa shape index (κ1) is 13.9. The van der Waals surface area contributed by atoms with Crippen LogP contribution in [0, 0.1) is 5.92 Å². The first-order chi connectivity index (χ1) is 6.45. The molecule has 14 heavy (non-hydrogen) atoms. The van der Waals surface area contributed by atoms with Gasteiger partial charge in [-0.15, -0.1) is 0 Å². The maximum Gasteiger partial charge on any atom is 0.0188 e. The molecular formula is C11H27N3. The summed E-state index contributed by atoms with van der Waals surface area (Å²) in [6.45, 7) is 9.48. The summed E-state index contributed by atoms with van der Waals surface area (Å²) in [5.41, 5.74) is 11.5. The quantitative estimate of drug-likeness (QED) is 0.540. The van der Waals surface area contributed by atoms with Crippen molar-refractivity contribution in [1.82, 2.24) is 5.32 Å². The number of nitrogens with one attached hydrogen (secondary N) is 1. The Balaban J connectivity index is 3.38. The molecule has 0 spiro atoms. The Labute approximate surface area is 88.6 Å². The van der Waals surface area contributed by atoms with Crippen molar-refractivity contribution in [3.63, 3.8) is 0 Å². The van der Waals surface area contributed by atoms with Gasteiger partial charge in [0, 0.05) is 18.1 Å². The van der Waals surface area contributed by atoms with E-state index in [0.717, 1.165) is 6.54 Å². The highest BCUT2D eigenvalue weighted by atomic mass is 14.9. The molecule has 0 aromatic carbocycles. The van der Waals surface area contributed by atoms with Crippen molar-refractivity contribution in [3.8, 4) is 0 Å². The molecule has 4 atom stereocenters. The Bertz CT molecular complexity index is 118. The third kappa shape index (κ3) is 6.35. The van der Waals surface area contributed by atoms with Gasteiger partial charge in [-0.3, -0.25) is 0 Å². The van der Waals surface area contributed by atoms with Crippen molar-refractivity contribution in [2.75, 3.05) is 6.54 Å². The van der Waals surface area contributed by atoms with Gasteiger partial charge < -0.3 is 16.8 Å². The molecule has 3 nitrogen and oxygen atoms in total. The van der Waals surface area contributed by atoms with Gasteiger partial charge in [0.25, 0.3) is 0 Å². The van der Waals surface area contributed by atoms with Crippen LogP contribution in [0.5, 0.6) is 0 Å². The van der Waals surface area contributed by atoms with Crippen LogP contribution in [0.25, 0.3) is 0 Å². The summed E-state index contributed by atoms with van der Waals surface area (Å²) in [7, 11) is 0. The molecule has 0 amide bonds. The molecule has 5 N–H and O–H groups in total. The number of nitrogens with two attached hydrogens (primary N) is 2. The first-order valence-electron chi connectivity index (χ1n) is 5.69. The van der Waals surface area contributed by atoms with Crippen LogP contribution >= 0.6 is 0 Å². The molecule has 86 valence electrons. The zero-order valence-electron chi connectivity index (χ0n) is 10.1. The largest absolute Gasteiger partial charge is 0.328 e. The average molecular weight is 201 g/mol. The van der Waals surface area contributed by atoms with Crippen molar-refractivity contribution in [3.05, 3.63) is 0 Å². The summed E-state index contributed by atoms with van der Waals surface area (Å²) in [5.74, 6) is 0.613. The van der Waals surface area contributed by atoms with Crippen molar-refractivity contribution < 1.29 is 0 Å². The summed E-state index contributed by atoms with van der Waals surface area (Å²) in [6, 6.07) is 0.933. The summed E-state index contributed by atoms with van der Waals surface area (Å²) in [4.78, 5) is 0. The summed E-state index contributed by atoms with van der Waals surface area (Å²) in [5, 5.41) is 3.41. The molecule has 0 aliphatic rings. The first-order valence-corrected chi connectivity index (χ1v) is 5.69. The second-order valence-electron chi connectivity index (χ2n) is 4.58. The summed E-state index contributed by atoms with van der Waals surface area (Å²) in [6.07, 6.45) is 2.37. The summed E-state index contributed by atoms with van der Waals surface area (Å²) >= 11 is 0. The van der Waals surface area contributed by atoms with Crippen LogP contribution in [0.15, 0.2) is 0 Å².